The first-order chi connectivity index (χ1) is 8.15. The Morgan fingerprint density at radius 1 is 1.24 bits per heavy atom. The van der Waals surface area contributed by atoms with E-state index in [1.807, 2.05) is 63.3 Å². The summed E-state index contributed by atoms with van der Waals surface area (Å²) in [7, 11) is 0. The van der Waals surface area contributed by atoms with E-state index in [-0.39, 0.29) is 6.10 Å². The van der Waals surface area contributed by atoms with Crippen molar-refractivity contribution in [3.05, 3.63) is 60.7 Å². The van der Waals surface area contributed by atoms with Gasteiger partial charge in [0.1, 0.15) is 6.10 Å². The molecule has 0 radical (unpaired) electrons. The molecule has 0 aromatic heterocycles. The molecule has 1 rings (SSSR count). The number of hydrogen-bond donors (Lipinski definition) is 0. The van der Waals surface area contributed by atoms with Gasteiger partial charge in [0, 0.05) is 6.08 Å². The van der Waals surface area contributed by atoms with Crippen LogP contribution in [-0.2, 0) is 9.53 Å². The molecule has 1 aromatic carbocycles. The summed E-state index contributed by atoms with van der Waals surface area (Å²) in [6.07, 6.45) is 4.95. The predicted octanol–water partition coefficient (Wildman–Crippen LogP) is 4.06. The highest BCUT2D eigenvalue weighted by Gasteiger charge is 2.07. The van der Waals surface area contributed by atoms with Gasteiger partial charge in [-0.25, -0.2) is 4.79 Å². The van der Waals surface area contributed by atoms with E-state index in [1.54, 1.807) is 0 Å². The number of carbonyl (C=O) groups is 1. The van der Waals surface area contributed by atoms with Crippen molar-refractivity contribution < 1.29 is 9.53 Å². The van der Waals surface area contributed by atoms with E-state index in [0.29, 0.717) is 0 Å². The lowest BCUT2D eigenvalue weighted by atomic mass is 10.1. The van der Waals surface area contributed by atoms with Crippen LogP contribution in [0.1, 0.15) is 32.4 Å². The van der Waals surface area contributed by atoms with E-state index in [4.69, 9.17) is 4.74 Å². The molecule has 17 heavy (non-hydrogen) atoms. The number of rotatable bonds is 3. The van der Waals surface area contributed by atoms with Crippen molar-refractivity contribution in [1.29, 1.82) is 0 Å². The fourth-order valence-corrected chi connectivity index (χ4v) is 1.01. The number of ether oxygens (including phenoxy) is 1. The molecule has 0 aliphatic carbocycles. The monoisotopic (exact) mass is 232 g/mol. The van der Waals surface area contributed by atoms with Crippen molar-refractivity contribution >= 4 is 5.97 Å². The molecular formula is C15H20O2. The maximum Gasteiger partial charge on any atom is 0.330 e. The Kier molecular flexibility index (Phi) is 8.39. The van der Waals surface area contributed by atoms with Gasteiger partial charge in [-0.2, -0.15) is 0 Å². The van der Waals surface area contributed by atoms with Gasteiger partial charge in [-0.15, -0.1) is 0 Å². The average Bonchev–Trinajstić information content (AvgIpc) is 2.39. The van der Waals surface area contributed by atoms with Gasteiger partial charge in [0.15, 0.2) is 0 Å². The van der Waals surface area contributed by atoms with E-state index >= 15 is 0 Å². The fourth-order valence-electron chi connectivity index (χ4n) is 1.01. The standard InChI is InChI=1S/C11H12O2.C4H8/c1-3-11(12)13-9(2)10-7-5-4-6-8-10;1-3-4-2/h3-9H,1H2,2H3;3-4H,1-2H3. The van der Waals surface area contributed by atoms with Crippen molar-refractivity contribution in [2.75, 3.05) is 0 Å². The first kappa shape index (κ1) is 15.2. The molecule has 0 heterocycles. The highest BCUT2D eigenvalue weighted by molar-refractivity contribution is 5.81. The van der Waals surface area contributed by atoms with Crippen LogP contribution in [0.4, 0.5) is 0 Å². The zero-order chi connectivity index (χ0) is 13.1. The highest BCUT2D eigenvalue weighted by atomic mass is 16.5. The van der Waals surface area contributed by atoms with Crippen molar-refractivity contribution in [2.45, 2.75) is 26.9 Å². The number of allylic oxidation sites excluding steroid dienone is 2. The van der Waals surface area contributed by atoms with E-state index in [2.05, 4.69) is 6.58 Å². The smallest absolute Gasteiger partial charge is 0.330 e. The zero-order valence-electron chi connectivity index (χ0n) is 10.7. The summed E-state index contributed by atoms with van der Waals surface area (Å²) in [6.45, 7) is 9.16. The Bertz CT molecular complexity index is 348. The van der Waals surface area contributed by atoms with Gasteiger partial charge in [0.2, 0.25) is 0 Å². The highest BCUT2D eigenvalue weighted by Crippen LogP contribution is 2.15. The second-order valence-electron chi connectivity index (χ2n) is 3.36. The lowest BCUT2D eigenvalue weighted by Crippen LogP contribution is -2.05. The molecule has 0 N–H and O–H groups in total. The third-order valence-electron chi connectivity index (χ3n) is 2.06. The zero-order valence-corrected chi connectivity index (χ0v) is 10.7. The minimum absolute atomic E-state index is 0.216. The lowest BCUT2D eigenvalue weighted by molar-refractivity contribution is -0.142. The van der Waals surface area contributed by atoms with Crippen LogP contribution in [-0.4, -0.2) is 5.97 Å². The molecule has 0 amide bonds. The molecule has 1 atom stereocenters. The van der Waals surface area contributed by atoms with Crippen molar-refractivity contribution in [3.8, 4) is 0 Å². The molecule has 0 spiro atoms. The van der Waals surface area contributed by atoms with Crippen molar-refractivity contribution in [3.63, 3.8) is 0 Å². The summed E-state index contributed by atoms with van der Waals surface area (Å²) in [5.41, 5.74) is 0.984. The third-order valence-corrected chi connectivity index (χ3v) is 2.06. The van der Waals surface area contributed by atoms with Crippen LogP contribution in [0.25, 0.3) is 0 Å². The molecule has 2 heteroatoms. The van der Waals surface area contributed by atoms with Crippen LogP contribution in [0.5, 0.6) is 0 Å². The minimum atomic E-state index is -0.392. The van der Waals surface area contributed by atoms with Crippen LogP contribution in [0, 0.1) is 0 Å². The molecule has 0 fully saturated rings. The van der Waals surface area contributed by atoms with Crippen LogP contribution >= 0.6 is 0 Å². The molecule has 92 valence electrons. The summed E-state index contributed by atoms with van der Waals surface area (Å²) >= 11 is 0. The van der Waals surface area contributed by atoms with Crippen molar-refractivity contribution in [2.24, 2.45) is 0 Å². The Labute approximate surface area is 104 Å². The molecule has 0 aliphatic rings. The van der Waals surface area contributed by atoms with E-state index in [9.17, 15) is 4.79 Å². The topological polar surface area (TPSA) is 26.3 Å². The maximum absolute atomic E-state index is 10.9. The average molecular weight is 232 g/mol. The summed E-state index contributed by atoms with van der Waals surface area (Å²) in [4.78, 5) is 10.9. The van der Waals surface area contributed by atoms with Gasteiger partial charge in [0.05, 0.1) is 0 Å². The van der Waals surface area contributed by atoms with E-state index < -0.39 is 5.97 Å². The Morgan fingerprint density at radius 2 is 1.76 bits per heavy atom. The largest absolute Gasteiger partial charge is 0.455 e. The Hall–Kier alpha value is -1.83. The normalized spacial score (nSPS) is 11.2. The first-order valence-corrected chi connectivity index (χ1v) is 5.61. The van der Waals surface area contributed by atoms with Crippen LogP contribution in [0.2, 0.25) is 0 Å². The number of hydrogen-bond acceptors (Lipinski definition) is 2. The second-order valence-corrected chi connectivity index (χ2v) is 3.36. The van der Waals surface area contributed by atoms with Gasteiger partial charge in [0.25, 0.3) is 0 Å². The Morgan fingerprint density at radius 3 is 2.18 bits per heavy atom. The predicted molar refractivity (Wildman–Crippen MR) is 71.6 cm³/mol. The fraction of sp³-hybridized carbons (Fsp3) is 0.267. The van der Waals surface area contributed by atoms with Gasteiger partial charge >= 0.3 is 5.97 Å². The number of benzene rings is 1. The molecule has 1 aromatic rings. The summed E-state index contributed by atoms with van der Waals surface area (Å²) in [6, 6.07) is 9.58. The molecule has 0 saturated heterocycles. The quantitative estimate of drug-likeness (QED) is 0.446. The lowest BCUT2D eigenvalue weighted by Gasteiger charge is -2.11. The molecule has 0 bridgehead atoms. The van der Waals surface area contributed by atoms with Crippen molar-refractivity contribution in [1.82, 2.24) is 0 Å². The number of esters is 1. The second kappa shape index (κ2) is 9.40. The van der Waals surface area contributed by atoms with Crippen LogP contribution in [0.3, 0.4) is 0 Å². The minimum Gasteiger partial charge on any atom is -0.455 e. The molecular weight excluding hydrogens is 212 g/mol. The van der Waals surface area contributed by atoms with Gasteiger partial charge in [-0.1, -0.05) is 49.1 Å². The third kappa shape index (κ3) is 7.12. The summed E-state index contributed by atoms with van der Waals surface area (Å²) in [5.74, 6) is -0.392. The van der Waals surface area contributed by atoms with E-state index in [0.717, 1.165) is 5.56 Å². The van der Waals surface area contributed by atoms with E-state index in [1.165, 1.54) is 6.08 Å². The SMILES string of the molecule is C=CC(=O)OC(C)c1ccccc1.CC=CC. The molecule has 1 unspecified atom stereocenters. The molecule has 2 nitrogen and oxygen atoms in total. The van der Waals surface area contributed by atoms with Gasteiger partial charge in [-0.3, -0.25) is 0 Å². The summed E-state index contributed by atoms with van der Waals surface area (Å²) in [5, 5.41) is 0. The van der Waals surface area contributed by atoms with Gasteiger partial charge in [-0.05, 0) is 26.3 Å². The van der Waals surface area contributed by atoms with Gasteiger partial charge < -0.3 is 4.74 Å². The van der Waals surface area contributed by atoms with Crippen LogP contribution < -0.4 is 0 Å². The summed E-state index contributed by atoms with van der Waals surface area (Å²) < 4.78 is 5.03. The molecule has 0 saturated carbocycles. The first-order valence-electron chi connectivity index (χ1n) is 5.61. The maximum atomic E-state index is 10.9. The molecule has 0 aliphatic heterocycles. The van der Waals surface area contributed by atoms with Crippen LogP contribution in [0.15, 0.2) is 55.1 Å². The number of carbonyl (C=O) groups excluding carboxylic acids is 1. The Balaban J connectivity index is 0.000000557.